The van der Waals surface area contributed by atoms with Crippen LogP contribution in [-0.4, -0.2) is 19.3 Å². The molecule has 2 aliphatic rings. The second kappa shape index (κ2) is 4.45. The van der Waals surface area contributed by atoms with E-state index in [9.17, 15) is 0 Å². The molecule has 1 N–H and O–H groups in total. The number of aromatic amines is 1. The molecule has 0 aliphatic heterocycles. The summed E-state index contributed by atoms with van der Waals surface area (Å²) in [6.45, 7) is 2.20. The van der Waals surface area contributed by atoms with Crippen molar-refractivity contribution in [2.75, 3.05) is 0 Å². The minimum absolute atomic E-state index is 0.612. The number of hydrogen-bond donors (Lipinski definition) is 1. The van der Waals surface area contributed by atoms with E-state index in [-0.39, 0.29) is 0 Å². The van der Waals surface area contributed by atoms with Crippen molar-refractivity contribution in [3.8, 4) is 0 Å². The predicted molar refractivity (Wildman–Crippen MR) is 82.4 cm³/mol. The Labute approximate surface area is 124 Å². The predicted octanol–water partition coefficient (Wildman–Crippen LogP) is 3.75. The Hall–Kier alpha value is -1.10. The van der Waals surface area contributed by atoms with Gasteiger partial charge in [-0.05, 0) is 56.2 Å². The molecule has 2 saturated carbocycles. The molecule has 2 aromatic rings. The molecular formula is C15H22N4S. The molecular weight excluding hydrogens is 268 g/mol. The van der Waals surface area contributed by atoms with Crippen LogP contribution >= 0.6 is 12.2 Å². The van der Waals surface area contributed by atoms with Gasteiger partial charge < -0.3 is 4.98 Å². The molecule has 4 rings (SSSR count). The normalized spacial score (nSPS) is 19.4. The van der Waals surface area contributed by atoms with Gasteiger partial charge in [-0.15, -0.1) is 0 Å². The molecule has 0 radical (unpaired) electrons. The van der Waals surface area contributed by atoms with Crippen molar-refractivity contribution in [1.29, 1.82) is 0 Å². The molecule has 108 valence electrons. The lowest BCUT2D eigenvalue weighted by atomic mass is 10.1. The van der Waals surface area contributed by atoms with Gasteiger partial charge in [0.2, 0.25) is 0 Å². The number of hydrogen-bond acceptors (Lipinski definition) is 2. The molecule has 0 saturated heterocycles. The van der Waals surface area contributed by atoms with Gasteiger partial charge in [0.05, 0.1) is 5.69 Å². The molecule has 20 heavy (non-hydrogen) atoms. The first-order valence-corrected chi connectivity index (χ1v) is 8.27. The van der Waals surface area contributed by atoms with Gasteiger partial charge in [-0.25, -0.2) is 0 Å². The second-order valence-electron chi connectivity index (χ2n) is 6.48. The molecule has 4 nitrogen and oxygen atoms in total. The van der Waals surface area contributed by atoms with Crippen molar-refractivity contribution in [2.24, 2.45) is 18.9 Å². The number of aromatic nitrogens is 4. The Morgan fingerprint density at radius 3 is 2.50 bits per heavy atom. The van der Waals surface area contributed by atoms with Gasteiger partial charge in [0.15, 0.2) is 10.4 Å². The average molecular weight is 290 g/mol. The number of imidazole rings is 1. The maximum atomic E-state index is 5.65. The van der Waals surface area contributed by atoms with E-state index in [1.165, 1.54) is 42.5 Å². The quantitative estimate of drug-likeness (QED) is 0.852. The number of rotatable bonds is 5. The largest absolute Gasteiger partial charge is 0.328 e. The fourth-order valence-electron chi connectivity index (χ4n) is 3.61. The Bertz CT molecular complexity index is 687. The van der Waals surface area contributed by atoms with Gasteiger partial charge in [0.1, 0.15) is 5.52 Å². The molecule has 2 heterocycles. The molecule has 5 heteroatoms. The van der Waals surface area contributed by atoms with Crippen LogP contribution in [0.15, 0.2) is 0 Å². The second-order valence-corrected chi connectivity index (χ2v) is 6.87. The van der Waals surface area contributed by atoms with Crippen molar-refractivity contribution in [3.05, 3.63) is 10.5 Å². The molecule has 2 aromatic heterocycles. The summed E-state index contributed by atoms with van der Waals surface area (Å²) in [6, 6.07) is 0.612. The first-order chi connectivity index (χ1) is 9.70. The van der Waals surface area contributed by atoms with Crippen LogP contribution in [0.5, 0.6) is 0 Å². The van der Waals surface area contributed by atoms with Gasteiger partial charge in [0.25, 0.3) is 0 Å². The topological polar surface area (TPSA) is 38.5 Å². The highest BCUT2D eigenvalue weighted by atomic mass is 32.1. The van der Waals surface area contributed by atoms with Crippen LogP contribution in [0, 0.1) is 16.6 Å². The zero-order valence-corrected chi connectivity index (χ0v) is 13.0. The molecule has 2 fully saturated rings. The smallest absolute Gasteiger partial charge is 0.179 e. The molecule has 0 aromatic carbocycles. The monoisotopic (exact) mass is 290 g/mol. The summed E-state index contributed by atoms with van der Waals surface area (Å²) in [7, 11) is 2.05. The van der Waals surface area contributed by atoms with E-state index in [4.69, 9.17) is 17.3 Å². The molecule has 2 aliphatic carbocycles. The van der Waals surface area contributed by atoms with Crippen molar-refractivity contribution in [1.82, 2.24) is 19.3 Å². The van der Waals surface area contributed by atoms with Crippen molar-refractivity contribution in [2.45, 2.75) is 51.5 Å². The maximum absolute atomic E-state index is 5.65. The fraction of sp³-hybridized carbons (Fsp3) is 0.733. The minimum Gasteiger partial charge on any atom is -0.328 e. The van der Waals surface area contributed by atoms with Gasteiger partial charge in [-0.2, -0.15) is 5.10 Å². The van der Waals surface area contributed by atoms with Gasteiger partial charge in [-0.3, -0.25) is 9.25 Å². The van der Waals surface area contributed by atoms with Crippen LogP contribution in [0.2, 0.25) is 0 Å². The van der Waals surface area contributed by atoms with Crippen LogP contribution in [-0.2, 0) is 13.5 Å². The summed E-state index contributed by atoms with van der Waals surface area (Å²) in [5.41, 5.74) is 3.55. The summed E-state index contributed by atoms with van der Waals surface area (Å²) in [6.07, 6.45) is 7.62. The minimum atomic E-state index is 0.612. The summed E-state index contributed by atoms with van der Waals surface area (Å²) in [5.74, 6) is 1.69. The van der Waals surface area contributed by atoms with E-state index in [0.29, 0.717) is 6.04 Å². The van der Waals surface area contributed by atoms with E-state index < -0.39 is 0 Å². The Morgan fingerprint density at radius 2 is 1.95 bits per heavy atom. The SMILES string of the molecule is CCCc1nn(C)c2c1[nH]c(=S)n2C(C1CC1)C1CC1. The third-order valence-corrected chi connectivity index (χ3v) is 5.06. The standard InChI is InChI=1S/C15H22N4S/c1-3-4-11-12-14(18(2)17-11)19(15(20)16-12)13(9-5-6-9)10-7-8-10/h9-10,13H,3-8H2,1-2H3,(H,16,20). The number of H-pyrrole nitrogens is 1. The molecule has 0 unspecified atom stereocenters. The van der Waals surface area contributed by atoms with Gasteiger partial charge in [0, 0.05) is 13.1 Å². The number of nitrogens with zero attached hydrogens (tertiary/aromatic N) is 3. The van der Waals surface area contributed by atoms with Crippen LogP contribution < -0.4 is 0 Å². The lowest BCUT2D eigenvalue weighted by Crippen LogP contribution is -2.15. The van der Waals surface area contributed by atoms with Gasteiger partial charge >= 0.3 is 0 Å². The summed E-state index contributed by atoms with van der Waals surface area (Å²) in [4.78, 5) is 3.44. The van der Waals surface area contributed by atoms with Crippen LogP contribution in [0.4, 0.5) is 0 Å². The Balaban J connectivity index is 1.89. The Kier molecular flexibility index (Phi) is 2.81. The zero-order chi connectivity index (χ0) is 13.9. The van der Waals surface area contributed by atoms with Crippen LogP contribution in [0.1, 0.15) is 50.8 Å². The lowest BCUT2D eigenvalue weighted by Gasteiger charge is -2.18. The molecule has 0 amide bonds. The molecule has 0 spiro atoms. The van der Waals surface area contributed by atoms with E-state index in [2.05, 4.69) is 23.5 Å². The molecule has 0 bridgehead atoms. The fourth-order valence-corrected chi connectivity index (χ4v) is 3.92. The van der Waals surface area contributed by atoms with E-state index in [1.807, 2.05) is 4.68 Å². The summed E-state index contributed by atoms with van der Waals surface area (Å²) in [5, 5.41) is 4.70. The maximum Gasteiger partial charge on any atom is 0.179 e. The first kappa shape index (κ1) is 12.6. The van der Waals surface area contributed by atoms with Crippen molar-refractivity contribution >= 4 is 23.4 Å². The van der Waals surface area contributed by atoms with Gasteiger partial charge in [-0.1, -0.05) is 13.3 Å². The highest BCUT2D eigenvalue weighted by molar-refractivity contribution is 7.71. The highest BCUT2D eigenvalue weighted by Gasteiger charge is 2.43. The van der Waals surface area contributed by atoms with E-state index in [1.54, 1.807) is 0 Å². The van der Waals surface area contributed by atoms with Crippen LogP contribution in [0.25, 0.3) is 11.2 Å². The summed E-state index contributed by atoms with van der Waals surface area (Å²) < 4.78 is 5.32. The highest BCUT2D eigenvalue weighted by Crippen LogP contribution is 2.52. The van der Waals surface area contributed by atoms with Crippen molar-refractivity contribution in [3.63, 3.8) is 0 Å². The van der Waals surface area contributed by atoms with Crippen LogP contribution in [0.3, 0.4) is 0 Å². The summed E-state index contributed by atoms with van der Waals surface area (Å²) >= 11 is 5.65. The van der Waals surface area contributed by atoms with E-state index in [0.717, 1.165) is 29.4 Å². The average Bonchev–Trinajstić information content (AvgIpc) is 3.30. The number of fused-ring (bicyclic) bond motifs is 1. The lowest BCUT2D eigenvalue weighted by molar-refractivity contribution is 0.395. The number of aryl methyl sites for hydroxylation is 2. The number of nitrogens with one attached hydrogen (secondary N) is 1. The van der Waals surface area contributed by atoms with E-state index >= 15 is 0 Å². The zero-order valence-electron chi connectivity index (χ0n) is 12.2. The third-order valence-electron chi connectivity index (χ3n) is 4.76. The Morgan fingerprint density at radius 1 is 1.30 bits per heavy atom. The molecule has 0 atom stereocenters. The first-order valence-electron chi connectivity index (χ1n) is 7.86. The third kappa shape index (κ3) is 1.86. The van der Waals surface area contributed by atoms with Crippen molar-refractivity contribution < 1.29 is 0 Å².